The maximum atomic E-state index is 12.0. The highest BCUT2D eigenvalue weighted by atomic mass is 16.5. The predicted octanol–water partition coefficient (Wildman–Crippen LogP) is 6.92. The lowest BCUT2D eigenvalue weighted by atomic mass is 9.86. The van der Waals surface area contributed by atoms with Gasteiger partial charge in [0.05, 0.1) is 38.6 Å². The van der Waals surface area contributed by atoms with Gasteiger partial charge in [-0.25, -0.2) is 0 Å². The molecule has 2 unspecified atom stereocenters. The van der Waals surface area contributed by atoms with Gasteiger partial charge in [-0.3, -0.25) is 9.59 Å². The Balaban J connectivity index is 1.12. The molecule has 0 aliphatic heterocycles. The van der Waals surface area contributed by atoms with Gasteiger partial charge in [-0.1, -0.05) is 64.2 Å². The fraction of sp³-hybridized carbons (Fsp3) is 0.933. The van der Waals surface area contributed by atoms with Crippen molar-refractivity contribution in [3.8, 4) is 0 Å². The molecule has 3 fully saturated rings. The molecule has 0 spiro atoms. The summed E-state index contributed by atoms with van der Waals surface area (Å²) >= 11 is 0. The van der Waals surface area contributed by atoms with Crippen LogP contribution in [0.5, 0.6) is 0 Å². The zero-order valence-electron chi connectivity index (χ0n) is 22.7. The molecule has 208 valence electrons. The monoisotopic (exact) mass is 508 g/mol. The second kappa shape index (κ2) is 18.2. The van der Waals surface area contributed by atoms with Crippen LogP contribution in [0.3, 0.4) is 0 Å². The summed E-state index contributed by atoms with van der Waals surface area (Å²) in [5.74, 6) is 1.34. The molecule has 6 heteroatoms. The molecule has 3 aliphatic carbocycles. The van der Waals surface area contributed by atoms with Crippen LogP contribution < -0.4 is 0 Å². The number of hydrogen-bond donors (Lipinski definition) is 0. The lowest BCUT2D eigenvalue weighted by Crippen LogP contribution is -2.29. The summed E-state index contributed by atoms with van der Waals surface area (Å²) in [5, 5.41) is 0. The molecular weight excluding hydrogens is 456 g/mol. The Morgan fingerprint density at radius 3 is 1.42 bits per heavy atom. The highest BCUT2D eigenvalue weighted by Gasteiger charge is 2.23. The predicted molar refractivity (Wildman–Crippen MR) is 141 cm³/mol. The normalized spacial score (nSPS) is 23.9. The minimum Gasteiger partial charge on any atom is -0.466 e. The smallest absolute Gasteiger partial charge is 0.305 e. The van der Waals surface area contributed by atoms with E-state index < -0.39 is 0 Å². The molecule has 2 atom stereocenters. The van der Waals surface area contributed by atoms with Crippen molar-refractivity contribution in [3.63, 3.8) is 0 Å². The molecule has 3 saturated carbocycles. The van der Waals surface area contributed by atoms with Crippen LogP contribution in [0, 0.1) is 11.8 Å². The van der Waals surface area contributed by atoms with Gasteiger partial charge in [-0.2, -0.15) is 0 Å². The van der Waals surface area contributed by atoms with Crippen LogP contribution in [0.2, 0.25) is 0 Å². The zero-order chi connectivity index (χ0) is 25.3. The molecule has 0 aromatic carbocycles. The Morgan fingerprint density at radius 2 is 0.972 bits per heavy atom. The van der Waals surface area contributed by atoms with Crippen molar-refractivity contribution in [2.45, 2.75) is 141 Å². The molecule has 6 nitrogen and oxygen atoms in total. The lowest BCUT2D eigenvalue weighted by Gasteiger charge is -2.29. The summed E-state index contributed by atoms with van der Waals surface area (Å²) in [5.41, 5.74) is 0. The third-order valence-electron chi connectivity index (χ3n) is 8.35. The molecule has 0 saturated heterocycles. The second-order valence-electron chi connectivity index (χ2n) is 11.4. The largest absolute Gasteiger partial charge is 0.466 e. The molecule has 0 radical (unpaired) electrons. The molecule has 0 bridgehead atoms. The highest BCUT2D eigenvalue weighted by molar-refractivity contribution is 5.69. The number of ether oxygens (including phenoxy) is 4. The fourth-order valence-corrected chi connectivity index (χ4v) is 6.13. The topological polar surface area (TPSA) is 71.1 Å². The minimum absolute atomic E-state index is 0.0541. The number of rotatable bonds is 16. The Hall–Kier alpha value is -1.14. The van der Waals surface area contributed by atoms with E-state index in [1.54, 1.807) is 0 Å². The lowest BCUT2D eigenvalue weighted by molar-refractivity contribution is -0.145. The molecule has 3 rings (SSSR count). The van der Waals surface area contributed by atoms with Gasteiger partial charge in [0.25, 0.3) is 0 Å². The number of carbonyl (C=O) groups excluding carboxylic acids is 2. The van der Waals surface area contributed by atoms with Crippen molar-refractivity contribution >= 4 is 11.9 Å². The Kier molecular flexibility index (Phi) is 14.8. The first kappa shape index (κ1) is 29.4. The highest BCUT2D eigenvalue weighted by Crippen LogP contribution is 2.28. The molecule has 0 N–H and O–H groups in total. The molecule has 3 aliphatic rings. The number of esters is 2. The van der Waals surface area contributed by atoms with Gasteiger partial charge in [0.2, 0.25) is 0 Å². The molecule has 0 aromatic heterocycles. The van der Waals surface area contributed by atoms with Crippen LogP contribution in [0.1, 0.15) is 128 Å². The van der Waals surface area contributed by atoms with Gasteiger partial charge in [-0.05, 0) is 50.4 Å². The molecule has 0 heterocycles. The van der Waals surface area contributed by atoms with E-state index in [0.717, 1.165) is 63.2 Å². The van der Waals surface area contributed by atoms with E-state index in [2.05, 4.69) is 0 Å². The van der Waals surface area contributed by atoms with Crippen LogP contribution in [0.25, 0.3) is 0 Å². The van der Waals surface area contributed by atoms with Crippen molar-refractivity contribution in [1.82, 2.24) is 0 Å². The first-order valence-corrected chi connectivity index (χ1v) is 15.2. The van der Waals surface area contributed by atoms with Gasteiger partial charge in [0, 0.05) is 25.7 Å². The summed E-state index contributed by atoms with van der Waals surface area (Å²) in [4.78, 5) is 23.9. The van der Waals surface area contributed by atoms with Gasteiger partial charge < -0.3 is 18.9 Å². The van der Waals surface area contributed by atoms with Crippen molar-refractivity contribution < 1.29 is 28.5 Å². The fourth-order valence-electron chi connectivity index (χ4n) is 6.13. The summed E-state index contributed by atoms with van der Waals surface area (Å²) < 4.78 is 22.9. The van der Waals surface area contributed by atoms with Crippen molar-refractivity contribution in [3.05, 3.63) is 0 Å². The first-order chi connectivity index (χ1) is 17.7. The van der Waals surface area contributed by atoms with Crippen LogP contribution in [-0.2, 0) is 28.5 Å². The zero-order valence-corrected chi connectivity index (χ0v) is 22.7. The molecule has 36 heavy (non-hydrogen) atoms. The molecule has 0 amide bonds. The average molecular weight is 509 g/mol. The maximum Gasteiger partial charge on any atom is 0.305 e. The first-order valence-electron chi connectivity index (χ1n) is 15.2. The van der Waals surface area contributed by atoms with Crippen LogP contribution >= 0.6 is 0 Å². The van der Waals surface area contributed by atoms with Gasteiger partial charge in [-0.15, -0.1) is 0 Å². The van der Waals surface area contributed by atoms with Crippen molar-refractivity contribution in [2.24, 2.45) is 11.8 Å². The quantitative estimate of drug-likeness (QED) is 0.166. The standard InChI is InChI=1S/C30H52O6/c31-29(18-16-25-10-3-1-4-11-25)35-22-8-20-33-27-14-7-15-28(24-27)34-21-9-23-36-30(32)19-17-26-12-5-2-6-13-26/h25-28H,1-24H2. The SMILES string of the molecule is O=C(CCC1CCCCC1)OCCCOC1CCCC(OCCCOC(=O)CCC2CCCCC2)C1. The summed E-state index contributed by atoms with van der Waals surface area (Å²) in [6, 6.07) is 0. The maximum absolute atomic E-state index is 12.0. The molecular formula is C30H52O6. The second-order valence-corrected chi connectivity index (χ2v) is 11.4. The summed E-state index contributed by atoms with van der Waals surface area (Å²) in [6.45, 7) is 2.17. The van der Waals surface area contributed by atoms with Gasteiger partial charge in [0.1, 0.15) is 0 Å². The van der Waals surface area contributed by atoms with Gasteiger partial charge >= 0.3 is 11.9 Å². The minimum atomic E-state index is -0.0541. The van der Waals surface area contributed by atoms with Crippen LogP contribution in [0.4, 0.5) is 0 Å². The van der Waals surface area contributed by atoms with E-state index in [-0.39, 0.29) is 24.1 Å². The Bertz CT molecular complexity index is 546. The van der Waals surface area contributed by atoms with E-state index in [1.807, 2.05) is 0 Å². The Morgan fingerprint density at radius 1 is 0.528 bits per heavy atom. The van der Waals surface area contributed by atoms with Gasteiger partial charge in [0.15, 0.2) is 0 Å². The van der Waals surface area contributed by atoms with E-state index in [1.165, 1.54) is 64.2 Å². The van der Waals surface area contributed by atoms with Crippen LogP contribution in [0.15, 0.2) is 0 Å². The van der Waals surface area contributed by atoms with Crippen molar-refractivity contribution in [1.29, 1.82) is 0 Å². The van der Waals surface area contributed by atoms with E-state index in [4.69, 9.17) is 18.9 Å². The summed E-state index contributed by atoms with van der Waals surface area (Å²) in [7, 11) is 0. The number of hydrogen-bond acceptors (Lipinski definition) is 6. The van der Waals surface area contributed by atoms with Crippen molar-refractivity contribution in [2.75, 3.05) is 26.4 Å². The van der Waals surface area contributed by atoms with E-state index in [9.17, 15) is 9.59 Å². The van der Waals surface area contributed by atoms with Crippen LogP contribution in [-0.4, -0.2) is 50.6 Å². The Labute approximate surface area is 219 Å². The third-order valence-corrected chi connectivity index (χ3v) is 8.35. The van der Waals surface area contributed by atoms with E-state index >= 15 is 0 Å². The molecule has 0 aromatic rings. The summed E-state index contributed by atoms with van der Waals surface area (Å²) in [6.07, 6.45) is 22.3. The average Bonchev–Trinajstić information content (AvgIpc) is 2.92. The number of carbonyl (C=O) groups is 2. The van der Waals surface area contributed by atoms with E-state index in [0.29, 0.717) is 39.3 Å². The third kappa shape index (κ3) is 12.9.